The zero-order valence-corrected chi connectivity index (χ0v) is 11.6. The molecule has 0 amide bonds. The molecule has 19 heavy (non-hydrogen) atoms. The van der Waals surface area contributed by atoms with Crippen LogP contribution in [0.25, 0.3) is 11.0 Å². The molecule has 3 heterocycles. The van der Waals surface area contributed by atoms with Crippen molar-refractivity contribution in [2.45, 2.75) is 37.5 Å². The molecule has 2 aliphatic rings. The number of fused-ring (bicyclic) bond motifs is 3. The van der Waals surface area contributed by atoms with Crippen molar-refractivity contribution in [1.82, 2.24) is 9.55 Å². The van der Waals surface area contributed by atoms with Gasteiger partial charge < -0.3 is 19.0 Å². The Labute approximate surface area is 116 Å². The highest BCUT2D eigenvalue weighted by molar-refractivity contribution is 7.71. The largest absolute Gasteiger partial charge is 0.494 e. The van der Waals surface area contributed by atoms with Crippen LogP contribution in [0.1, 0.15) is 25.3 Å². The maximum atomic E-state index is 5.96. The van der Waals surface area contributed by atoms with E-state index in [1.165, 1.54) is 6.42 Å². The zero-order chi connectivity index (χ0) is 13.0. The van der Waals surface area contributed by atoms with E-state index in [0.717, 1.165) is 34.4 Å². The number of rotatable bonds is 2. The number of benzene rings is 1. The maximum absolute atomic E-state index is 5.96. The minimum Gasteiger partial charge on any atom is -0.494 e. The lowest BCUT2D eigenvalue weighted by molar-refractivity contribution is 0.0941. The first-order valence-electron chi connectivity index (χ1n) is 6.70. The zero-order valence-electron chi connectivity index (χ0n) is 10.8. The number of ether oxygens (including phenoxy) is 2. The second-order valence-corrected chi connectivity index (χ2v) is 5.72. The molecule has 3 unspecified atom stereocenters. The molecule has 2 fully saturated rings. The number of aromatic amines is 1. The molecule has 4 rings (SSSR count). The highest BCUT2D eigenvalue weighted by Gasteiger charge is 2.42. The van der Waals surface area contributed by atoms with Crippen LogP contribution in [0.3, 0.4) is 0 Å². The lowest BCUT2D eigenvalue weighted by atomic mass is 9.95. The van der Waals surface area contributed by atoms with Crippen LogP contribution < -0.4 is 4.74 Å². The molecule has 3 atom stereocenters. The van der Waals surface area contributed by atoms with Crippen molar-refractivity contribution in [3.8, 4) is 5.75 Å². The van der Waals surface area contributed by atoms with E-state index in [9.17, 15) is 0 Å². The van der Waals surface area contributed by atoms with Crippen molar-refractivity contribution in [2.75, 3.05) is 7.11 Å². The fourth-order valence-corrected chi connectivity index (χ4v) is 3.84. The molecule has 0 spiro atoms. The summed E-state index contributed by atoms with van der Waals surface area (Å²) in [6, 6.07) is 6.42. The molecular weight excluding hydrogens is 260 g/mol. The van der Waals surface area contributed by atoms with E-state index in [4.69, 9.17) is 21.7 Å². The Kier molecular flexibility index (Phi) is 2.47. The van der Waals surface area contributed by atoms with Gasteiger partial charge >= 0.3 is 0 Å². The lowest BCUT2D eigenvalue weighted by Crippen LogP contribution is -2.20. The van der Waals surface area contributed by atoms with E-state index in [1.54, 1.807) is 7.11 Å². The fraction of sp³-hybridized carbons (Fsp3) is 0.500. The van der Waals surface area contributed by atoms with Gasteiger partial charge in [0.25, 0.3) is 0 Å². The van der Waals surface area contributed by atoms with Gasteiger partial charge in [-0.25, -0.2) is 0 Å². The first-order chi connectivity index (χ1) is 9.28. The van der Waals surface area contributed by atoms with Gasteiger partial charge in [0.1, 0.15) is 11.3 Å². The van der Waals surface area contributed by atoms with Crippen molar-refractivity contribution in [3.63, 3.8) is 0 Å². The van der Waals surface area contributed by atoms with Crippen LogP contribution in [0.15, 0.2) is 18.2 Å². The Bertz CT molecular complexity index is 690. The van der Waals surface area contributed by atoms with Crippen LogP contribution in [-0.2, 0) is 4.74 Å². The molecule has 1 aromatic carbocycles. The third-order valence-electron chi connectivity index (χ3n) is 4.34. The fourth-order valence-electron chi connectivity index (χ4n) is 3.50. The number of H-pyrrole nitrogens is 1. The van der Waals surface area contributed by atoms with E-state index in [2.05, 4.69) is 15.6 Å². The van der Waals surface area contributed by atoms with Gasteiger partial charge in [-0.05, 0) is 43.6 Å². The van der Waals surface area contributed by atoms with Crippen molar-refractivity contribution >= 4 is 23.3 Å². The van der Waals surface area contributed by atoms with E-state index in [-0.39, 0.29) is 0 Å². The highest BCUT2D eigenvalue weighted by Crippen LogP contribution is 2.43. The predicted octanol–water partition coefficient (Wildman–Crippen LogP) is 3.20. The van der Waals surface area contributed by atoms with E-state index >= 15 is 0 Å². The molecule has 2 saturated heterocycles. The summed E-state index contributed by atoms with van der Waals surface area (Å²) in [5, 5.41) is 0. The topological polar surface area (TPSA) is 39.2 Å². The molecule has 0 radical (unpaired) electrons. The normalized spacial score (nSPS) is 29.2. The quantitative estimate of drug-likeness (QED) is 0.856. The van der Waals surface area contributed by atoms with Crippen LogP contribution in [-0.4, -0.2) is 28.9 Å². The highest BCUT2D eigenvalue weighted by atomic mass is 32.1. The first kappa shape index (κ1) is 11.5. The molecule has 1 aromatic heterocycles. The van der Waals surface area contributed by atoms with Crippen molar-refractivity contribution in [1.29, 1.82) is 0 Å². The van der Waals surface area contributed by atoms with Gasteiger partial charge in [-0.3, -0.25) is 0 Å². The number of imidazole rings is 1. The molecule has 5 heteroatoms. The average molecular weight is 276 g/mol. The number of hydrogen-bond acceptors (Lipinski definition) is 3. The third kappa shape index (κ3) is 1.58. The van der Waals surface area contributed by atoms with Gasteiger partial charge in [-0.1, -0.05) is 6.07 Å². The van der Waals surface area contributed by atoms with Gasteiger partial charge in [0.2, 0.25) is 0 Å². The maximum Gasteiger partial charge on any atom is 0.178 e. The summed E-state index contributed by atoms with van der Waals surface area (Å²) in [6.07, 6.45) is 4.16. The smallest absolute Gasteiger partial charge is 0.178 e. The molecule has 100 valence electrons. The molecular formula is C14H16N2O2S. The minimum atomic E-state index is 0.321. The number of hydrogen-bond donors (Lipinski definition) is 1. The van der Waals surface area contributed by atoms with Gasteiger partial charge in [0, 0.05) is 0 Å². The van der Waals surface area contributed by atoms with Crippen LogP contribution in [0.5, 0.6) is 5.75 Å². The number of nitrogens with zero attached hydrogens (tertiary/aromatic N) is 1. The Morgan fingerprint density at radius 1 is 1.42 bits per heavy atom. The van der Waals surface area contributed by atoms with Crippen molar-refractivity contribution in [3.05, 3.63) is 23.0 Å². The van der Waals surface area contributed by atoms with Gasteiger partial charge in [-0.2, -0.15) is 0 Å². The second kappa shape index (κ2) is 4.08. The molecule has 1 N–H and O–H groups in total. The summed E-state index contributed by atoms with van der Waals surface area (Å²) in [6.45, 7) is 0. The molecule has 2 aliphatic heterocycles. The van der Waals surface area contributed by atoms with E-state index in [1.807, 2.05) is 12.1 Å². The lowest BCUT2D eigenvalue weighted by Gasteiger charge is -2.21. The Hall–Kier alpha value is -1.33. The monoisotopic (exact) mass is 276 g/mol. The van der Waals surface area contributed by atoms with Gasteiger partial charge in [0.05, 0.1) is 30.9 Å². The van der Waals surface area contributed by atoms with E-state index < -0.39 is 0 Å². The predicted molar refractivity (Wildman–Crippen MR) is 75.2 cm³/mol. The molecule has 0 aliphatic carbocycles. The van der Waals surface area contributed by atoms with E-state index in [0.29, 0.717) is 18.2 Å². The minimum absolute atomic E-state index is 0.321. The molecule has 4 nitrogen and oxygen atoms in total. The SMILES string of the molecule is COc1cccc2c1[nH]c(=S)n2C1CC2CCC1O2. The number of aromatic nitrogens is 2. The van der Waals surface area contributed by atoms with Crippen LogP contribution in [0, 0.1) is 4.77 Å². The molecule has 0 saturated carbocycles. The summed E-state index contributed by atoms with van der Waals surface area (Å²) in [5.74, 6) is 0.839. The Balaban J connectivity index is 1.90. The van der Waals surface area contributed by atoms with Crippen molar-refractivity contribution < 1.29 is 9.47 Å². The summed E-state index contributed by atoms with van der Waals surface area (Å²) in [4.78, 5) is 3.28. The Morgan fingerprint density at radius 3 is 3.00 bits per heavy atom. The number of para-hydroxylation sites is 1. The molecule has 2 bridgehead atoms. The summed E-state index contributed by atoms with van der Waals surface area (Å²) >= 11 is 5.51. The summed E-state index contributed by atoms with van der Waals surface area (Å²) in [5.41, 5.74) is 2.10. The number of methoxy groups -OCH3 is 1. The first-order valence-corrected chi connectivity index (χ1v) is 7.11. The second-order valence-electron chi connectivity index (χ2n) is 5.33. The van der Waals surface area contributed by atoms with Crippen molar-refractivity contribution in [2.24, 2.45) is 0 Å². The number of nitrogens with one attached hydrogen (secondary N) is 1. The standard InChI is InChI=1S/C14H16N2O2S/c1-17-12-4-2-3-9-13(12)15-14(19)16(9)10-7-8-5-6-11(10)18-8/h2-4,8,10-11H,5-7H2,1H3,(H,15,19). The van der Waals surface area contributed by atoms with Gasteiger partial charge in [-0.15, -0.1) is 0 Å². The van der Waals surface area contributed by atoms with Gasteiger partial charge in [0.15, 0.2) is 4.77 Å². The van der Waals surface area contributed by atoms with Crippen LogP contribution in [0.4, 0.5) is 0 Å². The Morgan fingerprint density at radius 2 is 2.32 bits per heavy atom. The summed E-state index contributed by atoms with van der Waals surface area (Å²) in [7, 11) is 1.68. The summed E-state index contributed by atoms with van der Waals surface area (Å²) < 4.78 is 14.3. The third-order valence-corrected chi connectivity index (χ3v) is 4.64. The van der Waals surface area contributed by atoms with Crippen LogP contribution >= 0.6 is 12.2 Å². The molecule has 2 aromatic rings. The average Bonchev–Trinajstić information content (AvgIpc) is 3.09. The van der Waals surface area contributed by atoms with Crippen LogP contribution in [0.2, 0.25) is 0 Å².